The molecule has 9 rings (SSSR count). The van der Waals surface area contributed by atoms with Crippen molar-refractivity contribution in [1.29, 1.82) is 0 Å². The molecule has 328 valence electrons. The number of esters is 3. The maximum Gasteiger partial charge on any atom is 0.344 e. The molecule has 6 aliphatic rings. The van der Waals surface area contributed by atoms with Crippen molar-refractivity contribution in [3.05, 3.63) is 64.9 Å². The van der Waals surface area contributed by atoms with Gasteiger partial charge >= 0.3 is 17.9 Å². The van der Waals surface area contributed by atoms with E-state index in [1.54, 1.807) is 6.07 Å². The Kier molecular flexibility index (Phi) is 9.65. The number of nitrogens with two attached hydrogens (primary N) is 1. The number of methoxy groups -OCH3 is 3. The predicted octanol–water partition coefficient (Wildman–Crippen LogP) is 4.70. The molecule has 4 N–H and O–H groups in total. The summed E-state index contributed by atoms with van der Waals surface area (Å²) >= 11 is 0. The standard InChI is InChI=1S/C46H57F2N5O8/c1-8-43-13-9-15-53-17-14-44(37(43)53)31-20-32(35(58-5)21-34(31)51(4)38(44)46(57,41(56)60-7)39(43)61-25(2)54)45(40(55)59-6)22-26-18-27(42(3,47)48)24-52(23-26)16-12-29-30-19-28(49)10-11-33(30)50-36(29)45/h9-11,13,19-21,26-27,37-39,50,57H,8,12,14-18,22-24,49H2,1-7H3/t26-,27-,37+,38-,39-,43-,44-,45+,46+/m1/s1. The molecule has 13 nitrogen and oxygen atoms in total. The van der Waals surface area contributed by atoms with Crippen molar-refractivity contribution in [1.82, 2.24) is 14.8 Å². The van der Waals surface area contributed by atoms with E-state index in [1.165, 1.54) is 28.3 Å². The minimum absolute atomic E-state index is 0.122. The number of piperidine rings is 1. The van der Waals surface area contributed by atoms with Gasteiger partial charge in [0.1, 0.15) is 11.2 Å². The monoisotopic (exact) mass is 845 g/mol. The molecule has 6 heterocycles. The van der Waals surface area contributed by atoms with E-state index in [9.17, 15) is 14.7 Å². The molecule has 1 aliphatic carbocycles. The second-order valence-electron chi connectivity index (χ2n) is 18.6. The number of nitrogens with one attached hydrogen (secondary N) is 1. The van der Waals surface area contributed by atoms with Gasteiger partial charge in [-0.2, -0.15) is 0 Å². The number of aromatic nitrogens is 1. The number of halogens is 2. The summed E-state index contributed by atoms with van der Waals surface area (Å²) in [7, 11) is 5.91. The average molecular weight is 846 g/mol. The number of H-pyrrole nitrogens is 1. The van der Waals surface area contributed by atoms with E-state index in [0.717, 1.165) is 29.0 Å². The van der Waals surface area contributed by atoms with Crippen LogP contribution in [0.1, 0.15) is 68.8 Å². The molecule has 2 aromatic carbocycles. The Hall–Kier alpha value is -4.73. The van der Waals surface area contributed by atoms with Gasteiger partial charge in [0, 0.05) is 103 Å². The summed E-state index contributed by atoms with van der Waals surface area (Å²) in [5.74, 6) is -6.04. The number of nitrogens with zero attached hydrogens (tertiary/aromatic N) is 3. The smallest absolute Gasteiger partial charge is 0.344 e. The molecule has 1 unspecified atom stereocenters. The summed E-state index contributed by atoms with van der Waals surface area (Å²) in [6.07, 6.45) is 4.38. The van der Waals surface area contributed by atoms with Crippen LogP contribution in [-0.2, 0) is 45.8 Å². The zero-order valence-corrected chi connectivity index (χ0v) is 36.0. The van der Waals surface area contributed by atoms with Crippen LogP contribution in [-0.4, -0.2) is 129 Å². The summed E-state index contributed by atoms with van der Waals surface area (Å²) in [6, 6.07) is 8.07. The van der Waals surface area contributed by atoms with Crippen LogP contribution in [0.4, 0.5) is 20.2 Å². The number of fused-ring (bicyclic) bond motifs is 6. The Balaban J connectivity index is 1.36. The first-order chi connectivity index (χ1) is 29.0. The van der Waals surface area contributed by atoms with Gasteiger partial charge in [-0.1, -0.05) is 19.1 Å². The van der Waals surface area contributed by atoms with Crippen LogP contribution in [0, 0.1) is 17.3 Å². The summed E-state index contributed by atoms with van der Waals surface area (Å²) in [5, 5.41) is 14.2. The highest BCUT2D eigenvalue weighted by molar-refractivity contribution is 5.95. The van der Waals surface area contributed by atoms with E-state index in [4.69, 9.17) is 24.7 Å². The molecular formula is C46H57F2N5O8. The second-order valence-corrected chi connectivity index (χ2v) is 18.6. The third-order valence-corrected chi connectivity index (χ3v) is 15.7. The average Bonchev–Trinajstić information content (AvgIpc) is 3.89. The predicted molar refractivity (Wildman–Crippen MR) is 224 cm³/mol. The summed E-state index contributed by atoms with van der Waals surface area (Å²) in [4.78, 5) is 52.7. The fraction of sp³-hybridized carbons (Fsp3) is 0.587. The SMILES string of the molecule is CC[C@]12C=CCN3CC[C@@]4(c5cc([C@@]6(C(=O)OC)C[C@H]7C[C@@H](C(C)(F)F)CN(CCc8c6[nH]c6ccc(N)cc86)C7)c(OC)cc5N(C)[C@H]4[C@@](O)(C(=O)OC)[C@@H]1OC(C)=O)[C@@H]32. The van der Waals surface area contributed by atoms with E-state index in [2.05, 4.69) is 14.8 Å². The van der Waals surface area contributed by atoms with Gasteiger partial charge in [-0.05, 0) is 86.9 Å². The van der Waals surface area contributed by atoms with Crippen LogP contribution in [0.25, 0.3) is 10.9 Å². The molecule has 2 saturated heterocycles. The van der Waals surface area contributed by atoms with Gasteiger partial charge in [-0.3, -0.25) is 14.5 Å². The lowest BCUT2D eigenvalue weighted by atomic mass is 9.47. The Bertz CT molecular complexity index is 2350. The van der Waals surface area contributed by atoms with Crippen molar-refractivity contribution in [2.24, 2.45) is 17.3 Å². The van der Waals surface area contributed by atoms with Crippen molar-refractivity contribution in [2.75, 3.05) is 71.7 Å². The minimum atomic E-state index is -2.95. The highest BCUT2D eigenvalue weighted by atomic mass is 19.3. The van der Waals surface area contributed by atoms with Crippen molar-refractivity contribution >= 4 is 40.2 Å². The number of aromatic amines is 1. The first-order valence-corrected chi connectivity index (χ1v) is 21.4. The number of alkyl halides is 2. The van der Waals surface area contributed by atoms with Crippen LogP contribution in [0.5, 0.6) is 5.75 Å². The molecular weight excluding hydrogens is 789 g/mol. The number of anilines is 2. The second kappa shape index (κ2) is 14.1. The Labute approximate surface area is 354 Å². The molecule has 0 amide bonds. The molecule has 10 atom stereocenters. The van der Waals surface area contributed by atoms with Crippen LogP contribution in [0.2, 0.25) is 0 Å². The lowest BCUT2D eigenvalue weighted by Crippen LogP contribution is -2.81. The van der Waals surface area contributed by atoms with E-state index in [-0.39, 0.29) is 31.3 Å². The number of likely N-dealkylation sites (N-methyl/N-ethyl adjacent to an activating group) is 1. The Morgan fingerprint density at radius 1 is 1.03 bits per heavy atom. The zero-order valence-electron chi connectivity index (χ0n) is 36.0. The number of aliphatic hydroxyl groups is 1. The molecule has 2 bridgehead atoms. The minimum Gasteiger partial charge on any atom is -0.496 e. The number of hydrogen-bond donors (Lipinski definition) is 3. The highest BCUT2D eigenvalue weighted by Gasteiger charge is 2.80. The summed E-state index contributed by atoms with van der Waals surface area (Å²) < 4.78 is 54.5. The summed E-state index contributed by atoms with van der Waals surface area (Å²) in [5.41, 5.74) is 5.07. The number of carbonyl (C=O) groups excluding carboxylic acids is 3. The lowest BCUT2D eigenvalue weighted by molar-refractivity contribution is -0.228. The maximum atomic E-state index is 15.4. The molecule has 15 heteroatoms. The van der Waals surface area contributed by atoms with Crippen LogP contribution < -0.4 is 15.4 Å². The molecule has 1 saturated carbocycles. The number of nitrogen functional groups attached to an aromatic ring is 1. The number of hydrogen-bond acceptors (Lipinski definition) is 12. The van der Waals surface area contributed by atoms with Gasteiger partial charge in [-0.25, -0.2) is 13.6 Å². The summed E-state index contributed by atoms with van der Waals surface area (Å²) in [6.45, 7) is 6.66. The fourth-order valence-electron chi connectivity index (χ4n) is 13.5. The van der Waals surface area contributed by atoms with E-state index in [1.807, 2.05) is 55.3 Å². The maximum absolute atomic E-state index is 15.4. The highest BCUT2D eigenvalue weighted by Crippen LogP contribution is 2.68. The van der Waals surface area contributed by atoms with Gasteiger partial charge in [0.25, 0.3) is 0 Å². The van der Waals surface area contributed by atoms with Crippen LogP contribution in [0.3, 0.4) is 0 Å². The molecule has 1 aromatic heterocycles. The number of benzene rings is 2. The molecule has 1 spiro atoms. The number of carbonyl (C=O) groups is 3. The van der Waals surface area contributed by atoms with Gasteiger partial charge in [0.2, 0.25) is 11.5 Å². The molecule has 61 heavy (non-hydrogen) atoms. The van der Waals surface area contributed by atoms with Crippen molar-refractivity contribution in [2.45, 2.75) is 93.4 Å². The van der Waals surface area contributed by atoms with E-state index < -0.39 is 63.7 Å². The molecule has 0 radical (unpaired) electrons. The van der Waals surface area contributed by atoms with Crippen molar-refractivity contribution < 1.29 is 47.2 Å². The third kappa shape index (κ3) is 5.54. The number of ether oxygens (including phenoxy) is 4. The quantitative estimate of drug-likeness (QED) is 0.131. The first-order valence-electron chi connectivity index (χ1n) is 21.4. The van der Waals surface area contributed by atoms with Gasteiger partial charge < -0.3 is 44.6 Å². The topological polar surface area (TPSA) is 160 Å². The van der Waals surface area contributed by atoms with E-state index in [0.29, 0.717) is 73.8 Å². The first kappa shape index (κ1) is 41.6. The van der Waals surface area contributed by atoms with Crippen molar-refractivity contribution in [3.63, 3.8) is 0 Å². The Morgan fingerprint density at radius 3 is 2.46 bits per heavy atom. The van der Waals surface area contributed by atoms with Crippen LogP contribution in [0.15, 0.2) is 42.5 Å². The van der Waals surface area contributed by atoms with Gasteiger partial charge in [0.15, 0.2) is 6.10 Å². The largest absolute Gasteiger partial charge is 0.496 e. The number of rotatable bonds is 7. The van der Waals surface area contributed by atoms with Gasteiger partial charge in [-0.15, -0.1) is 0 Å². The fourth-order valence-corrected chi connectivity index (χ4v) is 13.5. The molecule has 3 fully saturated rings. The van der Waals surface area contributed by atoms with Crippen LogP contribution >= 0.6 is 0 Å². The lowest BCUT2D eigenvalue weighted by Gasteiger charge is -2.63. The van der Waals surface area contributed by atoms with E-state index >= 15 is 13.6 Å². The molecule has 3 aromatic rings. The Morgan fingerprint density at radius 2 is 1.79 bits per heavy atom. The normalized spacial score (nSPS) is 35.2. The molecule has 5 aliphatic heterocycles. The van der Waals surface area contributed by atoms with Gasteiger partial charge in [0.05, 0.1) is 27.4 Å². The third-order valence-electron chi connectivity index (χ3n) is 15.7. The van der Waals surface area contributed by atoms with Crippen molar-refractivity contribution in [3.8, 4) is 5.75 Å². The zero-order chi connectivity index (χ0) is 43.6.